The molecule has 1 saturated carbocycles. The Bertz CT molecular complexity index is 1480. The minimum absolute atomic E-state index is 0.0624. The van der Waals surface area contributed by atoms with E-state index in [9.17, 15) is 18.0 Å². The summed E-state index contributed by atoms with van der Waals surface area (Å²) in [4.78, 5) is 29.8. The van der Waals surface area contributed by atoms with E-state index >= 15 is 0 Å². The van der Waals surface area contributed by atoms with Crippen LogP contribution in [0.25, 0.3) is 0 Å². The number of halogens is 2. The molecule has 4 rings (SSSR count). The number of carbonyl (C=O) groups is 2. The maximum absolute atomic E-state index is 14.2. The molecule has 0 aliphatic heterocycles. The van der Waals surface area contributed by atoms with E-state index in [1.807, 2.05) is 61.5 Å². The lowest BCUT2D eigenvalue weighted by atomic mass is 9.94. The Morgan fingerprint density at radius 2 is 1.60 bits per heavy atom. The average Bonchev–Trinajstić information content (AvgIpc) is 2.96. The first-order chi connectivity index (χ1) is 20.0. The lowest BCUT2D eigenvalue weighted by molar-refractivity contribution is -0.140. The number of aryl methyl sites for hydroxylation is 1. The minimum Gasteiger partial charge on any atom is -0.352 e. The molecule has 1 fully saturated rings. The Labute approximate surface area is 266 Å². The fourth-order valence-corrected chi connectivity index (χ4v) is 6.63. The first-order valence-electron chi connectivity index (χ1n) is 14.1. The molecule has 1 aliphatic rings. The monoisotopic (exact) mass is 717 g/mol. The second-order valence-corrected chi connectivity index (χ2v) is 14.6. The largest absolute Gasteiger partial charge is 0.352 e. The SMILES string of the molecule is Cc1cc(N(CC(=O)N(Cc2ccc(Br)cc2)[C@H](Cc2ccccc2)C(=O)NC2CCCCC2)S(C)(=O)=O)ccc1Br. The number of sulfonamides is 1. The van der Waals surface area contributed by atoms with E-state index in [2.05, 4.69) is 37.2 Å². The molecule has 0 bridgehead atoms. The number of hydrogen-bond donors (Lipinski definition) is 1. The molecular weight excluding hydrogens is 682 g/mol. The Kier molecular flexibility index (Phi) is 11.3. The number of hydrogen-bond acceptors (Lipinski definition) is 4. The first-order valence-corrected chi connectivity index (χ1v) is 17.6. The zero-order valence-electron chi connectivity index (χ0n) is 23.9. The molecule has 0 unspecified atom stereocenters. The molecule has 1 aliphatic carbocycles. The summed E-state index contributed by atoms with van der Waals surface area (Å²) in [5.74, 6) is -0.676. The molecule has 0 aromatic heterocycles. The molecule has 1 N–H and O–H groups in total. The summed E-state index contributed by atoms with van der Waals surface area (Å²) in [6.45, 7) is 1.58. The fraction of sp³-hybridized carbons (Fsp3) is 0.375. The van der Waals surface area contributed by atoms with E-state index in [4.69, 9.17) is 0 Å². The standard InChI is InChI=1S/C32H37Br2N3O4S/c1-23-19-28(17-18-29(23)34)37(42(2,40)41)22-31(38)36(21-25-13-15-26(33)16-14-25)30(20-24-9-5-3-6-10-24)32(39)35-27-11-7-4-8-12-27/h3,5-6,9-10,13-19,27,30H,4,7-8,11-12,20-22H2,1-2H3,(H,35,39)/t30-/m1/s1. The first kappa shape index (κ1) is 32.2. The molecule has 224 valence electrons. The van der Waals surface area contributed by atoms with Crippen LogP contribution in [-0.2, 0) is 32.6 Å². The van der Waals surface area contributed by atoms with Gasteiger partial charge in [-0.2, -0.15) is 0 Å². The van der Waals surface area contributed by atoms with Gasteiger partial charge in [-0.1, -0.05) is 93.6 Å². The number of nitrogens with zero attached hydrogens (tertiary/aromatic N) is 2. The number of benzene rings is 3. The summed E-state index contributed by atoms with van der Waals surface area (Å²) in [6.07, 6.45) is 6.50. The summed E-state index contributed by atoms with van der Waals surface area (Å²) in [5, 5.41) is 3.22. The Morgan fingerprint density at radius 1 is 0.929 bits per heavy atom. The smallest absolute Gasteiger partial charge is 0.244 e. The van der Waals surface area contributed by atoms with Crippen LogP contribution in [-0.4, -0.2) is 50.0 Å². The molecule has 7 nitrogen and oxygen atoms in total. The molecule has 1 atom stereocenters. The number of amides is 2. The van der Waals surface area contributed by atoms with Crippen LogP contribution in [0.5, 0.6) is 0 Å². The van der Waals surface area contributed by atoms with E-state index in [1.54, 1.807) is 18.2 Å². The molecule has 0 radical (unpaired) electrons. The zero-order chi connectivity index (χ0) is 30.3. The molecule has 42 heavy (non-hydrogen) atoms. The van der Waals surface area contributed by atoms with Crippen molar-refractivity contribution in [3.05, 3.63) is 98.4 Å². The molecule has 2 amide bonds. The second kappa shape index (κ2) is 14.7. The van der Waals surface area contributed by atoms with Crippen LogP contribution in [0.15, 0.2) is 81.7 Å². The van der Waals surface area contributed by atoms with Crippen LogP contribution in [0.3, 0.4) is 0 Å². The maximum atomic E-state index is 14.2. The topological polar surface area (TPSA) is 86.8 Å². The minimum atomic E-state index is -3.82. The van der Waals surface area contributed by atoms with Crippen molar-refractivity contribution in [2.45, 2.75) is 64.1 Å². The predicted octanol–water partition coefficient (Wildman–Crippen LogP) is 6.38. The van der Waals surface area contributed by atoms with Crippen LogP contribution in [0.2, 0.25) is 0 Å². The van der Waals surface area contributed by atoms with Crippen molar-refractivity contribution in [1.29, 1.82) is 0 Å². The third kappa shape index (κ3) is 8.91. The molecule has 3 aromatic carbocycles. The zero-order valence-corrected chi connectivity index (χ0v) is 27.9. The van der Waals surface area contributed by atoms with Crippen molar-refractivity contribution in [3.63, 3.8) is 0 Å². The highest BCUT2D eigenvalue weighted by molar-refractivity contribution is 9.10. The van der Waals surface area contributed by atoms with Crippen LogP contribution in [0, 0.1) is 6.92 Å². The van der Waals surface area contributed by atoms with Crippen molar-refractivity contribution < 1.29 is 18.0 Å². The van der Waals surface area contributed by atoms with Crippen LogP contribution in [0.4, 0.5) is 5.69 Å². The van der Waals surface area contributed by atoms with Crippen LogP contribution in [0.1, 0.15) is 48.8 Å². The fourth-order valence-electron chi connectivity index (χ4n) is 5.28. The van der Waals surface area contributed by atoms with Gasteiger partial charge in [0, 0.05) is 28.0 Å². The molecule has 0 spiro atoms. The van der Waals surface area contributed by atoms with Gasteiger partial charge < -0.3 is 10.2 Å². The van der Waals surface area contributed by atoms with Crippen molar-refractivity contribution in [3.8, 4) is 0 Å². The summed E-state index contributed by atoms with van der Waals surface area (Å²) in [6, 6.07) is 21.6. The second-order valence-electron chi connectivity index (χ2n) is 10.9. The van der Waals surface area contributed by atoms with Gasteiger partial charge in [0.15, 0.2) is 0 Å². The number of carbonyl (C=O) groups excluding carboxylic acids is 2. The quantitative estimate of drug-likeness (QED) is 0.250. The lowest BCUT2D eigenvalue weighted by Gasteiger charge is -2.35. The van der Waals surface area contributed by atoms with Gasteiger partial charge in [-0.3, -0.25) is 13.9 Å². The van der Waals surface area contributed by atoms with Gasteiger partial charge in [-0.05, 0) is 66.8 Å². The van der Waals surface area contributed by atoms with Crippen LogP contribution < -0.4 is 9.62 Å². The van der Waals surface area contributed by atoms with Crippen molar-refractivity contribution >= 4 is 59.4 Å². The summed E-state index contributed by atoms with van der Waals surface area (Å²) >= 11 is 6.92. The summed E-state index contributed by atoms with van der Waals surface area (Å²) < 4.78 is 28.8. The van der Waals surface area contributed by atoms with Gasteiger partial charge in [0.2, 0.25) is 21.8 Å². The van der Waals surface area contributed by atoms with Gasteiger partial charge in [0.25, 0.3) is 0 Å². The van der Waals surface area contributed by atoms with Gasteiger partial charge >= 0.3 is 0 Å². The van der Waals surface area contributed by atoms with Gasteiger partial charge in [-0.25, -0.2) is 8.42 Å². The van der Waals surface area contributed by atoms with E-state index in [1.165, 1.54) is 4.90 Å². The lowest BCUT2D eigenvalue weighted by Crippen LogP contribution is -2.55. The number of anilines is 1. The van der Waals surface area contributed by atoms with E-state index in [0.29, 0.717) is 12.1 Å². The summed E-state index contributed by atoms with van der Waals surface area (Å²) in [5.41, 5.74) is 2.98. The third-order valence-corrected chi connectivity index (χ3v) is 10.2. The van der Waals surface area contributed by atoms with Crippen molar-refractivity contribution in [2.24, 2.45) is 0 Å². The van der Waals surface area contributed by atoms with Gasteiger partial charge in [0.05, 0.1) is 11.9 Å². The normalized spacial score (nSPS) is 14.7. The third-order valence-electron chi connectivity index (χ3n) is 7.60. The molecular formula is C32H37Br2N3O4S. The highest BCUT2D eigenvalue weighted by atomic mass is 79.9. The van der Waals surface area contributed by atoms with E-state index in [0.717, 1.165) is 68.3 Å². The van der Waals surface area contributed by atoms with Gasteiger partial charge in [0.1, 0.15) is 12.6 Å². The van der Waals surface area contributed by atoms with Crippen molar-refractivity contribution in [2.75, 3.05) is 17.1 Å². The molecule has 0 heterocycles. The number of rotatable bonds is 11. The maximum Gasteiger partial charge on any atom is 0.244 e. The Balaban J connectivity index is 1.72. The molecule has 0 saturated heterocycles. The summed E-state index contributed by atoms with van der Waals surface area (Å²) in [7, 11) is -3.82. The highest BCUT2D eigenvalue weighted by Gasteiger charge is 2.34. The van der Waals surface area contributed by atoms with Gasteiger partial charge in [-0.15, -0.1) is 0 Å². The highest BCUT2D eigenvalue weighted by Crippen LogP contribution is 2.26. The predicted molar refractivity (Wildman–Crippen MR) is 175 cm³/mol. The van der Waals surface area contributed by atoms with Crippen molar-refractivity contribution in [1.82, 2.24) is 10.2 Å². The van der Waals surface area contributed by atoms with Crippen LogP contribution >= 0.6 is 31.9 Å². The Hall–Kier alpha value is -2.69. The van der Waals surface area contributed by atoms with E-state index in [-0.39, 0.29) is 18.5 Å². The number of nitrogens with one attached hydrogen (secondary N) is 1. The van der Waals surface area contributed by atoms with E-state index < -0.39 is 28.5 Å². The average molecular weight is 720 g/mol. The molecule has 3 aromatic rings. The molecule has 10 heteroatoms. The Morgan fingerprint density at radius 3 is 2.21 bits per heavy atom.